The fourth-order valence-corrected chi connectivity index (χ4v) is 11.5. The van der Waals surface area contributed by atoms with E-state index in [0.717, 1.165) is 89.9 Å². The summed E-state index contributed by atoms with van der Waals surface area (Å²) in [5.41, 5.74) is 0. The van der Waals surface area contributed by atoms with Gasteiger partial charge in [-0.05, 0) is 44.9 Å². The second-order valence-corrected chi connectivity index (χ2v) is 33.9. The number of aliphatic hydroxyl groups excluding tert-OH is 18. The second kappa shape index (κ2) is 154. The zero-order valence-corrected chi connectivity index (χ0v) is 86.0. The van der Waals surface area contributed by atoms with Gasteiger partial charge in [0.15, 0.2) is 0 Å². The highest BCUT2D eigenvalue weighted by atomic mass is 16.4. The summed E-state index contributed by atoms with van der Waals surface area (Å²) in [6.45, 7) is 11.2. The highest BCUT2D eigenvalue weighted by molar-refractivity contribution is 5.68. The van der Waals surface area contributed by atoms with Crippen LogP contribution < -0.4 is 0 Å². The summed E-state index contributed by atoms with van der Waals surface area (Å²) >= 11 is 0. The molecule has 0 saturated carbocycles. The highest BCUT2D eigenvalue weighted by Gasteiger charge is 2.05. The number of carboxylic acids is 7. The van der Waals surface area contributed by atoms with Gasteiger partial charge in [-0.3, -0.25) is 33.6 Å². The molecule has 0 aromatic carbocycles. The Morgan fingerprint density at radius 2 is 0.187 bits per heavy atom. The third-order valence-corrected chi connectivity index (χ3v) is 20.0. The van der Waals surface area contributed by atoms with Crippen molar-refractivity contribution in [3.63, 3.8) is 0 Å². The van der Waals surface area contributed by atoms with E-state index in [4.69, 9.17) is 128 Å². The van der Waals surface area contributed by atoms with Crippen molar-refractivity contribution in [2.45, 2.75) is 535 Å². The standard InChI is InChI=1S/7C12H24O2.6C3H8O3/c7*1-2-3-4-5-6-7-8-9-10-11-12(13)14;6*4-1-3(6)2-5/h7*2-11H2,1H3,(H,13,14);6*3-6H,1-2H2. The summed E-state index contributed by atoms with van der Waals surface area (Å²) in [6, 6.07) is 0. The first-order valence-electron chi connectivity index (χ1n) is 52.2. The molecule has 0 saturated heterocycles. The van der Waals surface area contributed by atoms with Crippen LogP contribution in [0.4, 0.5) is 0 Å². The largest absolute Gasteiger partial charge is 0.481 e. The first-order valence-corrected chi connectivity index (χ1v) is 52.2. The molecule has 0 bridgehead atoms. The smallest absolute Gasteiger partial charge is 0.303 e. The lowest BCUT2D eigenvalue weighted by molar-refractivity contribution is -0.138. The molecule has 0 aromatic rings. The molecule has 0 fully saturated rings. The molecule has 0 atom stereocenters. The second-order valence-electron chi connectivity index (χ2n) is 33.9. The first-order chi connectivity index (χ1) is 64.2. The number of unbranched alkanes of at least 4 members (excludes halogenated alkanes) is 56. The van der Waals surface area contributed by atoms with Crippen LogP contribution in [0.1, 0.15) is 498 Å². The number of carbonyl (C=O) groups is 7. The zero-order chi connectivity index (χ0) is 104. The molecule has 25 N–H and O–H groups in total. The van der Waals surface area contributed by atoms with Crippen molar-refractivity contribution >= 4 is 41.8 Å². The van der Waals surface area contributed by atoms with Crippen LogP contribution in [0, 0.1) is 0 Å². The molecule has 0 aliphatic rings. The molecular weight excluding hydrogens is 1740 g/mol. The van der Waals surface area contributed by atoms with Crippen LogP contribution in [0.3, 0.4) is 0 Å². The molecule has 32 heteroatoms. The summed E-state index contributed by atoms with van der Waals surface area (Å²) in [5.74, 6) is -4.62. The van der Waals surface area contributed by atoms with Gasteiger partial charge in [0.1, 0.15) is 36.6 Å². The molecule has 0 radical (unpaired) electrons. The normalized spacial score (nSPS) is 10.3. The van der Waals surface area contributed by atoms with Crippen molar-refractivity contribution in [3.8, 4) is 0 Å². The average molecular weight is 1950 g/mol. The fraction of sp³-hybridized carbons (Fsp3) is 0.931. The number of aliphatic hydroxyl groups is 18. The van der Waals surface area contributed by atoms with E-state index in [2.05, 4.69) is 48.5 Å². The van der Waals surface area contributed by atoms with E-state index in [9.17, 15) is 33.6 Å². The lowest BCUT2D eigenvalue weighted by atomic mass is 10.1. The number of carboxylic acid groups (broad SMARTS) is 7. The predicted octanol–water partition coefficient (Wildman–Crippen LogP) is 17.9. The van der Waals surface area contributed by atoms with Crippen LogP contribution in [-0.2, 0) is 33.6 Å². The van der Waals surface area contributed by atoms with Crippen molar-refractivity contribution in [2.24, 2.45) is 0 Å². The van der Waals surface area contributed by atoms with Crippen molar-refractivity contribution < 1.29 is 161 Å². The van der Waals surface area contributed by atoms with Crippen molar-refractivity contribution in [1.29, 1.82) is 0 Å². The molecule has 0 spiro atoms. The average Bonchev–Trinajstić information content (AvgIpc) is 1.12. The summed E-state index contributed by atoms with van der Waals surface area (Å²) in [4.78, 5) is 71.4. The molecule has 134 heavy (non-hydrogen) atoms. The third kappa shape index (κ3) is 219. The van der Waals surface area contributed by atoms with Gasteiger partial charge < -0.3 is 128 Å². The highest BCUT2D eigenvalue weighted by Crippen LogP contribution is 2.17. The maximum Gasteiger partial charge on any atom is 0.303 e. The summed E-state index contributed by atoms with van der Waals surface area (Å²) in [6.07, 6.45) is 74.6. The molecule has 0 aliphatic carbocycles. The Balaban J connectivity index is -0.000000109. The molecule has 0 unspecified atom stereocenters. The first kappa shape index (κ1) is 158. The molecule has 0 aliphatic heterocycles. The van der Waals surface area contributed by atoms with Crippen LogP contribution in [0.15, 0.2) is 0 Å². The minimum atomic E-state index is -0.954. The van der Waals surface area contributed by atoms with Gasteiger partial charge in [-0.1, -0.05) is 408 Å². The lowest BCUT2D eigenvalue weighted by Gasteiger charge is -2.00. The maximum atomic E-state index is 10.2. The Kier molecular flexibility index (Phi) is 181. The number of hydrogen-bond acceptors (Lipinski definition) is 25. The summed E-state index contributed by atoms with van der Waals surface area (Å²) in [7, 11) is 0. The van der Waals surface area contributed by atoms with Crippen molar-refractivity contribution in [3.05, 3.63) is 0 Å². The van der Waals surface area contributed by atoms with E-state index in [1.807, 2.05) is 0 Å². The van der Waals surface area contributed by atoms with Crippen LogP contribution in [-0.4, -0.2) is 285 Å². The lowest BCUT2D eigenvalue weighted by Crippen LogP contribution is -2.15. The van der Waals surface area contributed by atoms with E-state index in [1.165, 1.54) is 315 Å². The molecule has 816 valence electrons. The third-order valence-electron chi connectivity index (χ3n) is 20.0. The monoisotopic (exact) mass is 1950 g/mol. The van der Waals surface area contributed by atoms with Crippen molar-refractivity contribution in [2.75, 3.05) is 79.3 Å². The van der Waals surface area contributed by atoms with E-state index < -0.39 is 78.4 Å². The van der Waals surface area contributed by atoms with Gasteiger partial charge in [0.25, 0.3) is 0 Å². The molecular formula is C102H216O32. The molecule has 0 amide bonds. The van der Waals surface area contributed by atoms with Gasteiger partial charge in [0, 0.05) is 44.9 Å². The number of aliphatic carboxylic acids is 7. The topological polar surface area (TPSA) is 625 Å². The molecule has 0 heterocycles. The Bertz CT molecular complexity index is 1690. The predicted molar refractivity (Wildman–Crippen MR) is 537 cm³/mol. The summed E-state index contributed by atoms with van der Waals surface area (Å²) in [5, 5.41) is 203. The Hall–Kier alpha value is -4.43. The van der Waals surface area contributed by atoms with E-state index >= 15 is 0 Å². The van der Waals surface area contributed by atoms with Gasteiger partial charge in [0.05, 0.1) is 79.3 Å². The van der Waals surface area contributed by atoms with Gasteiger partial charge in [-0.15, -0.1) is 0 Å². The fourth-order valence-electron chi connectivity index (χ4n) is 11.5. The molecule has 32 nitrogen and oxygen atoms in total. The number of rotatable bonds is 82. The van der Waals surface area contributed by atoms with E-state index in [0.29, 0.717) is 44.9 Å². The SMILES string of the molecule is CCCCCCCCCCCC(=O)O.CCCCCCCCCCCC(=O)O.CCCCCCCCCCCC(=O)O.CCCCCCCCCCCC(=O)O.CCCCCCCCCCCC(=O)O.CCCCCCCCCCCC(=O)O.CCCCCCCCCCCC(=O)O.OCC(O)CO.OCC(O)CO.OCC(O)CO.OCC(O)CO.OCC(O)CO.OCC(O)CO. The van der Waals surface area contributed by atoms with Crippen LogP contribution in [0.5, 0.6) is 0 Å². The van der Waals surface area contributed by atoms with E-state index in [1.54, 1.807) is 0 Å². The van der Waals surface area contributed by atoms with E-state index in [-0.39, 0.29) is 79.3 Å². The maximum absolute atomic E-state index is 10.2. The van der Waals surface area contributed by atoms with Gasteiger partial charge >= 0.3 is 41.8 Å². The molecule has 0 aromatic heterocycles. The van der Waals surface area contributed by atoms with Gasteiger partial charge in [-0.2, -0.15) is 0 Å². The van der Waals surface area contributed by atoms with Crippen LogP contribution >= 0.6 is 0 Å². The zero-order valence-electron chi connectivity index (χ0n) is 86.0. The van der Waals surface area contributed by atoms with Crippen LogP contribution in [0.25, 0.3) is 0 Å². The number of hydrogen-bond donors (Lipinski definition) is 25. The quantitative estimate of drug-likeness (QED) is 0.0251. The van der Waals surface area contributed by atoms with Crippen LogP contribution in [0.2, 0.25) is 0 Å². The Morgan fingerprint density at radius 3 is 0.231 bits per heavy atom. The van der Waals surface area contributed by atoms with Gasteiger partial charge in [0.2, 0.25) is 0 Å². The summed E-state index contributed by atoms with van der Waals surface area (Å²) < 4.78 is 0. The van der Waals surface area contributed by atoms with Gasteiger partial charge in [-0.25, -0.2) is 0 Å². The molecule has 0 rings (SSSR count). The minimum absolute atomic E-state index is 0.343. The van der Waals surface area contributed by atoms with Crippen molar-refractivity contribution in [1.82, 2.24) is 0 Å². The Morgan fingerprint density at radius 1 is 0.127 bits per heavy atom. The Labute approximate surface area is 813 Å². The minimum Gasteiger partial charge on any atom is -0.481 e.